The molecule has 1 aromatic carbocycles. The molecule has 0 aliphatic carbocycles. The summed E-state index contributed by atoms with van der Waals surface area (Å²) in [5.41, 5.74) is -1.70. The summed E-state index contributed by atoms with van der Waals surface area (Å²) >= 11 is 0. The molecule has 0 aliphatic rings. The monoisotopic (exact) mass is 535 g/mol. The van der Waals surface area contributed by atoms with Crippen molar-refractivity contribution in [2.75, 3.05) is 0 Å². The Morgan fingerprint density at radius 1 is 0.676 bits per heavy atom. The predicted octanol–water partition coefficient (Wildman–Crippen LogP) is 6.39. The van der Waals surface area contributed by atoms with Gasteiger partial charge >= 0.3 is 41.7 Å². The van der Waals surface area contributed by atoms with Crippen molar-refractivity contribution in [3.8, 4) is 0 Å². The van der Waals surface area contributed by atoms with Crippen molar-refractivity contribution in [1.29, 1.82) is 0 Å². The second-order valence-corrected chi connectivity index (χ2v) is 6.64. The quantitative estimate of drug-likeness (QED) is 0.227. The third-order valence-corrected chi connectivity index (χ3v) is 4.33. The zero-order valence-electron chi connectivity index (χ0n) is 15.5. The van der Waals surface area contributed by atoms with Gasteiger partial charge in [-0.25, -0.2) is 0 Å². The normalized spacial score (nSPS) is 15.9. The van der Waals surface area contributed by atoms with Gasteiger partial charge in [-0.15, -0.1) is 0 Å². The van der Waals surface area contributed by atoms with Crippen molar-refractivity contribution in [2.45, 2.75) is 54.2 Å². The van der Waals surface area contributed by atoms with E-state index in [9.17, 15) is 81.1 Å². The van der Waals surface area contributed by atoms with Gasteiger partial charge < -0.3 is 5.11 Å². The number of nitrogens with zero attached hydrogens (tertiary/aromatic N) is 1. The van der Waals surface area contributed by atoms with Gasteiger partial charge in [0.05, 0.1) is 11.0 Å². The number of aliphatic hydroxyl groups excluding tert-OH is 1. The van der Waals surface area contributed by atoms with Crippen LogP contribution in [0.4, 0.5) is 71.5 Å². The lowest BCUT2D eigenvalue weighted by atomic mass is 9.88. The predicted molar refractivity (Wildman–Crippen MR) is 78.4 cm³/mol. The van der Waals surface area contributed by atoms with E-state index in [0.717, 1.165) is 0 Å². The topological polar surface area (TPSA) is 63.4 Å². The van der Waals surface area contributed by atoms with E-state index in [2.05, 4.69) is 0 Å². The Morgan fingerprint density at radius 3 is 1.38 bits per heavy atom. The average molecular weight is 535 g/mol. The number of alkyl halides is 15. The molecule has 1 N–H and O–H groups in total. The summed E-state index contributed by atoms with van der Waals surface area (Å²) in [6.07, 6.45) is -13.7. The molecule has 0 aliphatic heterocycles. The van der Waals surface area contributed by atoms with Crippen LogP contribution in [0.2, 0.25) is 0 Å². The Labute approximate surface area is 177 Å². The minimum Gasteiger partial charge on any atom is -0.388 e. The van der Waals surface area contributed by atoms with E-state index in [0.29, 0.717) is 24.3 Å². The molecule has 4 nitrogen and oxygen atoms in total. The van der Waals surface area contributed by atoms with Crippen LogP contribution in [0.15, 0.2) is 24.3 Å². The Balaban J connectivity index is 3.41. The molecule has 19 heteroatoms. The van der Waals surface area contributed by atoms with Gasteiger partial charge in [0, 0.05) is 18.6 Å². The van der Waals surface area contributed by atoms with Crippen molar-refractivity contribution < 1.29 is 75.9 Å². The summed E-state index contributed by atoms with van der Waals surface area (Å²) in [5.74, 6) is -47.4. The lowest BCUT2D eigenvalue weighted by Crippen LogP contribution is -2.72. The fraction of sp³-hybridized carbons (Fsp3) is 0.600. The van der Waals surface area contributed by atoms with E-state index in [-0.39, 0.29) is 0 Å². The molecule has 0 spiro atoms. The highest BCUT2D eigenvalue weighted by atomic mass is 19.4. The highest BCUT2D eigenvalue weighted by Gasteiger charge is 2.93. The van der Waals surface area contributed by atoms with Crippen LogP contribution in [0.3, 0.4) is 0 Å². The Hall–Kier alpha value is -2.47. The maximum Gasteiger partial charge on any atom is 0.460 e. The molecule has 0 saturated heterocycles. The molecule has 34 heavy (non-hydrogen) atoms. The Kier molecular flexibility index (Phi) is 7.24. The third-order valence-electron chi connectivity index (χ3n) is 4.33. The van der Waals surface area contributed by atoms with Gasteiger partial charge in [0.25, 0.3) is 5.69 Å². The summed E-state index contributed by atoms with van der Waals surface area (Å²) in [7, 11) is 0. The van der Waals surface area contributed by atoms with Crippen molar-refractivity contribution in [2.24, 2.45) is 0 Å². The lowest BCUT2D eigenvalue weighted by Gasteiger charge is -2.41. The van der Waals surface area contributed by atoms with E-state index in [4.69, 9.17) is 0 Å². The molecule has 196 valence electrons. The van der Waals surface area contributed by atoms with Crippen molar-refractivity contribution in [3.63, 3.8) is 0 Å². The first kappa shape index (κ1) is 29.6. The second-order valence-electron chi connectivity index (χ2n) is 6.64. The van der Waals surface area contributed by atoms with Crippen LogP contribution in [0.1, 0.15) is 18.1 Å². The molecule has 1 aromatic rings. The first-order chi connectivity index (χ1) is 14.8. The summed E-state index contributed by atoms with van der Waals surface area (Å²) in [6, 6.07) is 1.80. The van der Waals surface area contributed by atoms with Crippen LogP contribution in [-0.2, 0) is 0 Å². The first-order valence-corrected chi connectivity index (χ1v) is 8.05. The number of halogens is 15. The highest BCUT2D eigenvalue weighted by Crippen LogP contribution is 2.63. The zero-order valence-corrected chi connectivity index (χ0v) is 15.5. The molecule has 0 amide bonds. The number of non-ortho nitro benzene ring substituents is 1. The van der Waals surface area contributed by atoms with Gasteiger partial charge in [0.1, 0.15) is 0 Å². The van der Waals surface area contributed by atoms with Crippen LogP contribution in [0.25, 0.3) is 0 Å². The fourth-order valence-electron chi connectivity index (χ4n) is 2.31. The van der Waals surface area contributed by atoms with Gasteiger partial charge in [-0.2, -0.15) is 65.9 Å². The Morgan fingerprint density at radius 2 is 1.03 bits per heavy atom. The molecule has 1 unspecified atom stereocenters. The Bertz CT molecular complexity index is 895. The number of nitro benzene ring substituents is 1. The molecule has 0 heterocycles. The largest absolute Gasteiger partial charge is 0.460 e. The molecular weight excluding hydrogens is 527 g/mol. The van der Waals surface area contributed by atoms with E-state index < -0.39 is 70.4 Å². The summed E-state index contributed by atoms with van der Waals surface area (Å²) in [4.78, 5) is 9.37. The number of aliphatic hydroxyl groups is 1. The second kappa shape index (κ2) is 8.33. The maximum absolute atomic E-state index is 13.8. The van der Waals surface area contributed by atoms with Crippen LogP contribution < -0.4 is 0 Å². The molecule has 1 rings (SSSR count). The van der Waals surface area contributed by atoms with E-state index in [1.807, 2.05) is 0 Å². The van der Waals surface area contributed by atoms with Crippen LogP contribution >= 0.6 is 0 Å². The minimum atomic E-state index is -8.41. The van der Waals surface area contributed by atoms with Crippen molar-refractivity contribution in [1.82, 2.24) is 0 Å². The minimum absolute atomic E-state index is 0.418. The molecule has 0 radical (unpaired) electrons. The fourth-order valence-corrected chi connectivity index (χ4v) is 2.31. The van der Waals surface area contributed by atoms with Crippen molar-refractivity contribution >= 4 is 5.69 Å². The molecule has 0 bridgehead atoms. The number of nitro groups is 1. The van der Waals surface area contributed by atoms with Gasteiger partial charge in [-0.05, 0) is 17.7 Å². The molecule has 1 atom stereocenters. The van der Waals surface area contributed by atoms with Crippen LogP contribution in [-0.4, -0.2) is 51.7 Å². The van der Waals surface area contributed by atoms with E-state index >= 15 is 0 Å². The summed E-state index contributed by atoms with van der Waals surface area (Å²) in [5, 5.41) is 19.9. The molecule has 0 aromatic heterocycles. The van der Waals surface area contributed by atoms with Gasteiger partial charge in [0.2, 0.25) is 0 Å². The number of rotatable bonds is 9. The van der Waals surface area contributed by atoms with Gasteiger partial charge in [-0.3, -0.25) is 10.1 Å². The zero-order chi connectivity index (χ0) is 27.3. The number of benzene rings is 1. The first-order valence-electron chi connectivity index (χ1n) is 8.05. The standard InChI is InChI=1S/C15H8F15NO3/c16-9(17,5-8(32)6-1-3-7(4-2-6)31(33)34)10(18,19)11(20,21)12(22,23)13(24,25)14(26,27)15(28,29)30/h1-4,8,32H,5H2. The maximum atomic E-state index is 13.8. The molecule has 0 fully saturated rings. The number of hydrogen-bond donors (Lipinski definition) is 1. The van der Waals surface area contributed by atoms with Gasteiger partial charge in [0.15, 0.2) is 0 Å². The summed E-state index contributed by atoms with van der Waals surface area (Å²) < 4.78 is 197. The van der Waals surface area contributed by atoms with Crippen molar-refractivity contribution in [3.05, 3.63) is 39.9 Å². The SMILES string of the molecule is O=[N+]([O-])c1ccc(C(O)CC(F)(F)C(F)(F)C(F)(F)C(F)(F)C(F)(F)C(F)(F)C(F)(F)F)cc1. The number of hydrogen-bond acceptors (Lipinski definition) is 3. The average Bonchev–Trinajstić information content (AvgIpc) is 2.65. The molecular formula is C15H8F15NO3. The lowest BCUT2D eigenvalue weighted by molar-refractivity contribution is -0.453. The van der Waals surface area contributed by atoms with E-state index in [1.165, 1.54) is 0 Å². The van der Waals surface area contributed by atoms with Crippen LogP contribution in [0, 0.1) is 10.1 Å². The van der Waals surface area contributed by atoms with Crippen LogP contribution in [0.5, 0.6) is 0 Å². The van der Waals surface area contributed by atoms with Gasteiger partial charge in [-0.1, -0.05) is 0 Å². The van der Waals surface area contributed by atoms with E-state index in [1.54, 1.807) is 0 Å². The highest BCUT2D eigenvalue weighted by molar-refractivity contribution is 5.34. The third kappa shape index (κ3) is 4.33. The smallest absolute Gasteiger partial charge is 0.388 e. The molecule has 0 saturated carbocycles. The summed E-state index contributed by atoms with van der Waals surface area (Å²) in [6.45, 7) is 0.